The van der Waals surface area contributed by atoms with Crippen LogP contribution in [0.25, 0.3) is 11.0 Å². The van der Waals surface area contributed by atoms with E-state index in [0.29, 0.717) is 0 Å². The molecule has 0 atom stereocenters. The van der Waals surface area contributed by atoms with Gasteiger partial charge < -0.3 is 9.32 Å². The number of furan rings is 1. The van der Waals surface area contributed by atoms with E-state index in [9.17, 15) is 4.79 Å². The van der Waals surface area contributed by atoms with Crippen molar-refractivity contribution < 1.29 is 9.21 Å². The molecule has 1 amide bonds. The number of anilines is 1. The standard InChI is InChI=1S/C11H11NO2/c1-8-6-14-11-4-3-9(5-10(8)11)12(2)7-13/h3-7H,1-2H3. The summed E-state index contributed by atoms with van der Waals surface area (Å²) in [6.07, 6.45) is 2.51. The summed E-state index contributed by atoms with van der Waals surface area (Å²) in [7, 11) is 1.73. The second-order valence-electron chi connectivity index (χ2n) is 3.32. The Morgan fingerprint density at radius 2 is 2.21 bits per heavy atom. The number of carbonyl (C=O) groups is 1. The van der Waals surface area contributed by atoms with Crippen molar-refractivity contribution >= 4 is 23.1 Å². The molecule has 0 N–H and O–H groups in total. The Hall–Kier alpha value is -1.77. The van der Waals surface area contributed by atoms with Gasteiger partial charge in [0.25, 0.3) is 0 Å². The second-order valence-corrected chi connectivity index (χ2v) is 3.32. The average molecular weight is 189 g/mol. The van der Waals surface area contributed by atoms with E-state index in [1.165, 1.54) is 4.90 Å². The SMILES string of the molecule is Cc1coc2ccc(N(C)C=O)cc12. The molecular formula is C11H11NO2. The Morgan fingerprint density at radius 1 is 1.43 bits per heavy atom. The van der Waals surface area contributed by atoms with Gasteiger partial charge in [0, 0.05) is 18.1 Å². The molecule has 2 aromatic rings. The van der Waals surface area contributed by atoms with Gasteiger partial charge in [-0.25, -0.2) is 0 Å². The molecule has 1 aromatic carbocycles. The van der Waals surface area contributed by atoms with Crippen molar-refractivity contribution in [3.63, 3.8) is 0 Å². The van der Waals surface area contributed by atoms with Gasteiger partial charge in [-0.3, -0.25) is 4.79 Å². The Kier molecular flexibility index (Phi) is 2.00. The number of carbonyl (C=O) groups excluding carboxylic acids is 1. The van der Waals surface area contributed by atoms with Crippen LogP contribution in [0.3, 0.4) is 0 Å². The molecule has 14 heavy (non-hydrogen) atoms. The molecule has 1 heterocycles. The first-order valence-electron chi connectivity index (χ1n) is 4.38. The highest BCUT2D eigenvalue weighted by Crippen LogP contribution is 2.24. The summed E-state index contributed by atoms with van der Waals surface area (Å²) in [5.41, 5.74) is 2.81. The topological polar surface area (TPSA) is 33.5 Å². The maximum atomic E-state index is 10.6. The summed E-state index contributed by atoms with van der Waals surface area (Å²) in [6, 6.07) is 5.68. The van der Waals surface area contributed by atoms with Crippen molar-refractivity contribution in [2.45, 2.75) is 6.92 Å². The van der Waals surface area contributed by atoms with Crippen LogP contribution in [0.5, 0.6) is 0 Å². The molecular weight excluding hydrogens is 178 g/mol. The minimum Gasteiger partial charge on any atom is -0.464 e. The zero-order valence-electron chi connectivity index (χ0n) is 8.15. The highest BCUT2D eigenvalue weighted by atomic mass is 16.3. The van der Waals surface area contributed by atoms with Gasteiger partial charge in [0.05, 0.1) is 6.26 Å². The molecule has 0 aliphatic rings. The Labute approximate surface area is 81.9 Å². The normalized spacial score (nSPS) is 10.4. The third-order valence-corrected chi connectivity index (χ3v) is 2.32. The summed E-state index contributed by atoms with van der Waals surface area (Å²) in [5.74, 6) is 0. The lowest BCUT2D eigenvalue weighted by Crippen LogP contribution is -2.13. The van der Waals surface area contributed by atoms with Gasteiger partial charge >= 0.3 is 0 Å². The van der Waals surface area contributed by atoms with Crippen molar-refractivity contribution in [2.75, 3.05) is 11.9 Å². The van der Waals surface area contributed by atoms with Crippen molar-refractivity contribution in [1.82, 2.24) is 0 Å². The van der Waals surface area contributed by atoms with Gasteiger partial charge in [-0.2, -0.15) is 0 Å². The smallest absolute Gasteiger partial charge is 0.213 e. The first-order valence-corrected chi connectivity index (χ1v) is 4.38. The maximum absolute atomic E-state index is 10.6. The zero-order chi connectivity index (χ0) is 10.1. The number of aryl methyl sites for hydroxylation is 1. The lowest BCUT2D eigenvalue weighted by atomic mass is 10.2. The van der Waals surface area contributed by atoms with Crippen LogP contribution in [0.2, 0.25) is 0 Å². The number of hydrogen-bond acceptors (Lipinski definition) is 2. The van der Waals surface area contributed by atoms with Crippen LogP contribution in [0.15, 0.2) is 28.9 Å². The fourth-order valence-corrected chi connectivity index (χ4v) is 1.42. The lowest BCUT2D eigenvalue weighted by Gasteiger charge is -2.09. The van der Waals surface area contributed by atoms with E-state index in [2.05, 4.69) is 0 Å². The van der Waals surface area contributed by atoms with E-state index in [4.69, 9.17) is 4.42 Å². The van der Waals surface area contributed by atoms with Crippen LogP contribution < -0.4 is 4.90 Å². The monoisotopic (exact) mass is 189 g/mol. The summed E-state index contributed by atoms with van der Waals surface area (Å²) < 4.78 is 5.31. The Bertz CT molecular complexity index is 473. The molecule has 0 spiro atoms. The molecule has 2 rings (SSSR count). The van der Waals surface area contributed by atoms with Crippen LogP contribution in [-0.4, -0.2) is 13.5 Å². The fourth-order valence-electron chi connectivity index (χ4n) is 1.42. The minimum absolute atomic E-state index is 0.788. The quantitative estimate of drug-likeness (QED) is 0.679. The molecule has 1 aromatic heterocycles. The Morgan fingerprint density at radius 3 is 2.93 bits per heavy atom. The maximum Gasteiger partial charge on any atom is 0.213 e. The first-order chi connectivity index (χ1) is 6.72. The molecule has 72 valence electrons. The van der Waals surface area contributed by atoms with E-state index in [1.54, 1.807) is 13.3 Å². The van der Waals surface area contributed by atoms with Crippen LogP contribution in [0.4, 0.5) is 5.69 Å². The molecule has 0 fully saturated rings. The minimum atomic E-state index is 0.788. The van der Waals surface area contributed by atoms with Crippen LogP contribution >= 0.6 is 0 Å². The predicted molar refractivity (Wildman–Crippen MR) is 55.4 cm³/mol. The molecule has 0 aliphatic heterocycles. The van der Waals surface area contributed by atoms with Crippen molar-refractivity contribution in [2.24, 2.45) is 0 Å². The number of fused-ring (bicyclic) bond motifs is 1. The largest absolute Gasteiger partial charge is 0.464 e. The third-order valence-electron chi connectivity index (χ3n) is 2.32. The zero-order valence-corrected chi connectivity index (χ0v) is 8.15. The van der Waals surface area contributed by atoms with E-state index in [0.717, 1.165) is 28.6 Å². The molecule has 3 heteroatoms. The van der Waals surface area contributed by atoms with Crippen molar-refractivity contribution in [3.8, 4) is 0 Å². The molecule has 0 unspecified atom stereocenters. The van der Waals surface area contributed by atoms with E-state index in [1.807, 2.05) is 25.1 Å². The van der Waals surface area contributed by atoms with E-state index < -0.39 is 0 Å². The highest BCUT2D eigenvalue weighted by molar-refractivity contribution is 5.87. The average Bonchev–Trinajstić information content (AvgIpc) is 2.59. The van der Waals surface area contributed by atoms with Gasteiger partial charge in [0.15, 0.2) is 0 Å². The van der Waals surface area contributed by atoms with Crippen molar-refractivity contribution in [1.29, 1.82) is 0 Å². The highest BCUT2D eigenvalue weighted by Gasteiger charge is 2.04. The lowest BCUT2D eigenvalue weighted by molar-refractivity contribution is -0.107. The van der Waals surface area contributed by atoms with Gasteiger partial charge in [0.2, 0.25) is 6.41 Å². The van der Waals surface area contributed by atoms with Crippen LogP contribution in [0, 0.1) is 6.92 Å². The number of benzene rings is 1. The van der Waals surface area contributed by atoms with Gasteiger partial charge in [-0.05, 0) is 30.7 Å². The second kappa shape index (κ2) is 3.18. The van der Waals surface area contributed by atoms with E-state index in [-0.39, 0.29) is 0 Å². The molecule has 3 nitrogen and oxygen atoms in total. The Balaban J connectivity index is 2.59. The number of hydrogen-bond donors (Lipinski definition) is 0. The number of rotatable bonds is 2. The van der Waals surface area contributed by atoms with Crippen LogP contribution in [0.1, 0.15) is 5.56 Å². The molecule has 0 radical (unpaired) electrons. The van der Waals surface area contributed by atoms with Crippen molar-refractivity contribution in [3.05, 3.63) is 30.0 Å². The van der Waals surface area contributed by atoms with Gasteiger partial charge in [-0.15, -0.1) is 0 Å². The van der Waals surface area contributed by atoms with Gasteiger partial charge in [-0.1, -0.05) is 0 Å². The predicted octanol–water partition coefficient (Wildman–Crippen LogP) is 2.33. The molecule has 0 saturated carbocycles. The van der Waals surface area contributed by atoms with Crippen LogP contribution in [-0.2, 0) is 4.79 Å². The molecule has 0 saturated heterocycles. The summed E-state index contributed by atoms with van der Waals surface area (Å²) >= 11 is 0. The summed E-state index contributed by atoms with van der Waals surface area (Å²) in [4.78, 5) is 12.1. The fraction of sp³-hybridized carbons (Fsp3) is 0.182. The molecule has 0 aliphatic carbocycles. The first kappa shape index (κ1) is 8.81. The number of amides is 1. The number of nitrogens with zero attached hydrogens (tertiary/aromatic N) is 1. The van der Waals surface area contributed by atoms with Gasteiger partial charge in [0.1, 0.15) is 5.58 Å². The third kappa shape index (κ3) is 1.27. The summed E-state index contributed by atoms with van der Waals surface area (Å²) in [5, 5.41) is 1.05. The molecule has 0 bridgehead atoms. The van der Waals surface area contributed by atoms with E-state index >= 15 is 0 Å². The summed E-state index contributed by atoms with van der Waals surface area (Å²) in [6.45, 7) is 1.98.